The first-order valence-corrected chi connectivity index (χ1v) is 14.0. The van der Waals surface area contributed by atoms with Crippen molar-refractivity contribution in [3.8, 4) is 0 Å². The molecular weight excluding hydrogens is 511 g/mol. The van der Waals surface area contributed by atoms with Crippen molar-refractivity contribution >= 4 is 35.0 Å². The van der Waals surface area contributed by atoms with Crippen molar-refractivity contribution in [1.29, 1.82) is 0 Å². The summed E-state index contributed by atoms with van der Waals surface area (Å²) in [4.78, 5) is 17.0. The number of rotatable bonds is 9. The molecule has 40 heavy (non-hydrogen) atoms. The third kappa shape index (κ3) is 7.64. The number of aliphatic hydroxyl groups excluding tert-OH is 1. The van der Waals surface area contributed by atoms with E-state index in [-0.39, 0.29) is 18.4 Å². The standard InChI is InChI=1S/C29H37FN8O2/c30-27-21-32-29(35-28(27)38-13-16-40-17-14-38)36-33-20-24-7-8-25(19-31-24)34-23-5-3-6-26(18-23)37-11-2-1-4-22(9-12-37)10-15-39/h3,5-8,18-22,34,39H,1-2,4,9-17H2,(H,32,35,36)/b33-20+. The summed E-state index contributed by atoms with van der Waals surface area (Å²) in [7, 11) is 0. The fourth-order valence-electron chi connectivity index (χ4n) is 5.13. The largest absolute Gasteiger partial charge is 0.396 e. The number of halogens is 1. The summed E-state index contributed by atoms with van der Waals surface area (Å²) in [5.41, 5.74) is 6.49. The number of pyridine rings is 1. The number of hydrogen-bond donors (Lipinski definition) is 3. The molecule has 4 heterocycles. The van der Waals surface area contributed by atoms with Gasteiger partial charge in [0.1, 0.15) is 0 Å². The van der Waals surface area contributed by atoms with Gasteiger partial charge in [0, 0.05) is 44.2 Å². The Hall–Kier alpha value is -3.83. The molecule has 2 aliphatic heterocycles. The maximum atomic E-state index is 14.2. The number of hydrogen-bond acceptors (Lipinski definition) is 10. The Bertz CT molecular complexity index is 1250. The van der Waals surface area contributed by atoms with E-state index in [2.05, 4.69) is 60.0 Å². The predicted octanol–water partition coefficient (Wildman–Crippen LogP) is 4.42. The molecule has 3 N–H and O–H groups in total. The molecule has 2 aromatic heterocycles. The Morgan fingerprint density at radius 3 is 2.73 bits per heavy atom. The molecule has 212 valence electrons. The summed E-state index contributed by atoms with van der Waals surface area (Å²) in [5.74, 6) is 0.584. The van der Waals surface area contributed by atoms with Crippen LogP contribution in [0, 0.1) is 11.7 Å². The Balaban J connectivity index is 1.16. The van der Waals surface area contributed by atoms with E-state index in [4.69, 9.17) is 4.74 Å². The van der Waals surface area contributed by atoms with Gasteiger partial charge in [-0.15, -0.1) is 0 Å². The minimum absolute atomic E-state index is 0.209. The lowest BCUT2D eigenvalue weighted by atomic mass is 9.93. The van der Waals surface area contributed by atoms with Gasteiger partial charge in [0.05, 0.1) is 43.2 Å². The van der Waals surface area contributed by atoms with Crippen molar-refractivity contribution in [3.05, 3.63) is 60.3 Å². The van der Waals surface area contributed by atoms with Crippen LogP contribution in [0.5, 0.6) is 0 Å². The molecule has 1 aromatic carbocycles. The molecule has 10 nitrogen and oxygen atoms in total. The van der Waals surface area contributed by atoms with Gasteiger partial charge in [-0.1, -0.05) is 18.9 Å². The third-order valence-corrected chi connectivity index (χ3v) is 7.32. The van der Waals surface area contributed by atoms with Crippen LogP contribution in [0.15, 0.2) is 53.9 Å². The quantitative estimate of drug-likeness (QED) is 0.264. The van der Waals surface area contributed by atoms with E-state index in [1.54, 1.807) is 12.4 Å². The first-order valence-electron chi connectivity index (χ1n) is 14.0. The summed E-state index contributed by atoms with van der Waals surface area (Å²) in [6.45, 7) is 4.57. The monoisotopic (exact) mass is 548 g/mol. The Morgan fingerprint density at radius 2 is 1.90 bits per heavy atom. The predicted molar refractivity (Wildman–Crippen MR) is 156 cm³/mol. The summed E-state index contributed by atoms with van der Waals surface area (Å²) >= 11 is 0. The van der Waals surface area contributed by atoms with Gasteiger partial charge >= 0.3 is 0 Å². The van der Waals surface area contributed by atoms with Gasteiger partial charge in [-0.3, -0.25) is 4.98 Å². The summed E-state index contributed by atoms with van der Waals surface area (Å²) in [6, 6.07) is 12.3. The number of nitrogens with one attached hydrogen (secondary N) is 2. The molecule has 5 rings (SSSR count). The van der Waals surface area contributed by atoms with E-state index in [9.17, 15) is 9.50 Å². The Labute approximate surface area is 234 Å². The number of morpholine rings is 1. The topological polar surface area (TPSA) is 111 Å². The molecular formula is C29H37FN8O2. The molecule has 1 unspecified atom stereocenters. The van der Waals surface area contributed by atoms with E-state index >= 15 is 0 Å². The molecule has 1 atom stereocenters. The highest BCUT2D eigenvalue weighted by atomic mass is 19.1. The lowest BCUT2D eigenvalue weighted by Gasteiger charge is -2.30. The molecule has 0 saturated carbocycles. The minimum Gasteiger partial charge on any atom is -0.396 e. The van der Waals surface area contributed by atoms with Crippen LogP contribution in [0.1, 0.15) is 37.8 Å². The smallest absolute Gasteiger partial charge is 0.245 e. The number of nitrogens with zero attached hydrogens (tertiary/aromatic N) is 6. The van der Waals surface area contributed by atoms with E-state index in [1.807, 2.05) is 17.0 Å². The summed E-state index contributed by atoms with van der Waals surface area (Å²) in [5, 5.41) is 17.0. The number of benzene rings is 1. The highest BCUT2D eigenvalue weighted by Crippen LogP contribution is 2.27. The molecule has 11 heteroatoms. The van der Waals surface area contributed by atoms with Gasteiger partial charge in [-0.05, 0) is 55.5 Å². The van der Waals surface area contributed by atoms with E-state index in [1.165, 1.54) is 24.9 Å². The number of ether oxygens (including phenoxy) is 1. The van der Waals surface area contributed by atoms with Crippen LogP contribution < -0.4 is 20.5 Å². The van der Waals surface area contributed by atoms with Gasteiger partial charge in [0.25, 0.3) is 0 Å². The molecule has 0 bridgehead atoms. The van der Waals surface area contributed by atoms with Gasteiger partial charge in [-0.25, -0.2) is 14.8 Å². The second kappa shape index (κ2) is 14.0. The molecule has 2 fully saturated rings. The molecule has 2 aliphatic rings. The third-order valence-electron chi connectivity index (χ3n) is 7.32. The second-order valence-electron chi connectivity index (χ2n) is 10.1. The molecule has 3 aromatic rings. The second-order valence-corrected chi connectivity index (χ2v) is 10.1. The Morgan fingerprint density at radius 1 is 1.00 bits per heavy atom. The molecule has 0 amide bonds. The van der Waals surface area contributed by atoms with Gasteiger partial charge in [0.2, 0.25) is 5.95 Å². The van der Waals surface area contributed by atoms with Crippen molar-refractivity contribution in [1.82, 2.24) is 15.0 Å². The van der Waals surface area contributed by atoms with Crippen LogP contribution in [-0.4, -0.2) is 72.3 Å². The first kappa shape index (κ1) is 27.7. The number of aliphatic hydroxyl groups is 1. The van der Waals surface area contributed by atoms with E-state index in [0.717, 1.165) is 43.5 Å². The SMILES string of the molecule is OCCC1CCCCN(c2cccc(Nc3ccc(/C=N/Nc4ncc(F)c(N5CCOCC5)n4)nc3)c2)CC1. The molecule has 2 saturated heterocycles. The fraction of sp³-hybridized carbons (Fsp3) is 0.448. The first-order chi connectivity index (χ1) is 19.7. The lowest BCUT2D eigenvalue weighted by Crippen LogP contribution is -2.37. The van der Waals surface area contributed by atoms with Gasteiger partial charge in [0.15, 0.2) is 11.6 Å². The fourth-order valence-corrected chi connectivity index (χ4v) is 5.13. The van der Waals surface area contributed by atoms with E-state index in [0.29, 0.717) is 37.9 Å². The average molecular weight is 549 g/mol. The van der Waals surface area contributed by atoms with Crippen molar-refractivity contribution in [2.75, 3.05) is 66.5 Å². The number of hydrazone groups is 1. The molecule has 0 spiro atoms. The zero-order chi connectivity index (χ0) is 27.6. The maximum absolute atomic E-state index is 14.2. The van der Waals surface area contributed by atoms with Crippen molar-refractivity contribution in [3.63, 3.8) is 0 Å². The van der Waals surface area contributed by atoms with Gasteiger partial charge < -0.3 is 25.0 Å². The van der Waals surface area contributed by atoms with Crippen LogP contribution in [-0.2, 0) is 4.74 Å². The van der Waals surface area contributed by atoms with Crippen LogP contribution >= 0.6 is 0 Å². The van der Waals surface area contributed by atoms with E-state index < -0.39 is 5.82 Å². The molecule has 0 radical (unpaired) electrons. The van der Waals surface area contributed by atoms with Crippen molar-refractivity contribution < 1.29 is 14.2 Å². The number of aromatic nitrogens is 3. The van der Waals surface area contributed by atoms with Crippen LogP contribution in [0.4, 0.5) is 33.2 Å². The van der Waals surface area contributed by atoms with Crippen LogP contribution in [0.3, 0.4) is 0 Å². The molecule has 0 aliphatic carbocycles. The average Bonchev–Trinajstić information content (AvgIpc) is 2.97. The van der Waals surface area contributed by atoms with Crippen LogP contribution in [0.25, 0.3) is 0 Å². The number of anilines is 5. The normalized spacial score (nSPS) is 18.4. The highest BCUT2D eigenvalue weighted by molar-refractivity contribution is 5.78. The highest BCUT2D eigenvalue weighted by Gasteiger charge is 2.18. The maximum Gasteiger partial charge on any atom is 0.245 e. The van der Waals surface area contributed by atoms with Gasteiger partial charge in [-0.2, -0.15) is 10.1 Å². The van der Waals surface area contributed by atoms with Crippen molar-refractivity contribution in [2.24, 2.45) is 11.0 Å². The van der Waals surface area contributed by atoms with Crippen LogP contribution in [0.2, 0.25) is 0 Å². The zero-order valence-electron chi connectivity index (χ0n) is 22.7. The summed E-state index contributed by atoms with van der Waals surface area (Å²) < 4.78 is 19.6. The summed E-state index contributed by atoms with van der Waals surface area (Å²) in [6.07, 6.45) is 10.1. The Kier molecular flexibility index (Phi) is 9.70. The zero-order valence-corrected chi connectivity index (χ0v) is 22.7. The lowest BCUT2D eigenvalue weighted by molar-refractivity contribution is 0.122. The van der Waals surface area contributed by atoms with Crippen molar-refractivity contribution in [2.45, 2.75) is 32.1 Å². The minimum atomic E-state index is -0.472.